The smallest absolute Gasteiger partial charge is 0.343 e. The largest absolute Gasteiger partial charge is 0.423 e. The molecule has 0 heterocycles. The van der Waals surface area contributed by atoms with Gasteiger partial charge in [-0.3, -0.25) is 0 Å². The van der Waals surface area contributed by atoms with Gasteiger partial charge in [-0.2, -0.15) is 0 Å². The van der Waals surface area contributed by atoms with Gasteiger partial charge in [-0.15, -0.1) is 0 Å². The Morgan fingerprint density at radius 3 is 1.59 bits per heavy atom. The molecule has 3 rings (SSSR count). The minimum atomic E-state index is -0.317. The van der Waals surface area contributed by atoms with Crippen molar-refractivity contribution in [2.45, 2.75) is 136 Å². The van der Waals surface area contributed by atoms with Crippen LogP contribution in [0, 0.1) is 0 Å². The van der Waals surface area contributed by atoms with Crippen molar-refractivity contribution < 1.29 is 14.3 Å². The lowest BCUT2D eigenvalue weighted by Gasteiger charge is -2.14. The molecule has 0 amide bonds. The van der Waals surface area contributed by atoms with Crippen LogP contribution in [0.5, 0.6) is 5.75 Å². The number of aryl methyl sites for hydroxylation is 1. The van der Waals surface area contributed by atoms with E-state index in [1.165, 1.54) is 107 Å². The van der Waals surface area contributed by atoms with Crippen LogP contribution < -0.4 is 4.74 Å². The molecule has 44 heavy (non-hydrogen) atoms. The molecule has 0 saturated heterocycles. The number of carbonyl (C=O) groups is 1. The molecule has 3 heteroatoms. The van der Waals surface area contributed by atoms with E-state index < -0.39 is 0 Å². The van der Waals surface area contributed by atoms with Gasteiger partial charge in [-0.1, -0.05) is 152 Å². The SMILES string of the molecule is CCCCCCCCCCCCc1ccc(C(=O)Oc2ccc(-c3ccc(C(C)OCCCCCCCC)cc3)cc2)cc1. The molecule has 0 spiro atoms. The number of rotatable bonds is 23. The van der Waals surface area contributed by atoms with E-state index in [1.54, 1.807) is 0 Å². The molecule has 1 unspecified atom stereocenters. The maximum atomic E-state index is 12.7. The molecule has 1 atom stereocenters. The van der Waals surface area contributed by atoms with Gasteiger partial charge in [-0.05, 0) is 72.7 Å². The highest BCUT2D eigenvalue weighted by Gasteiger charge is 2.10. The van der Waals surface area contributed by atoms with E-state index in [0.717, 1.165) is 30.6 Å². The summed E-state index contributed by atoms with van der Waals surface area (Å²) in [6.45, 7) is 7.47. The standard InChI is InChI=1S/C41H58O3/c1-4-6-8-10-12-13-14-15-16-18-20-35-21-23-39(24-22-35)41(42)44-40-31-29-38(30-32-40)37-27-25-36(26-28-37)34(3)43-33-19-17-11-9-7-5-2/h21-32,34H,4-20,33H2,1-3H3. The highest BCUT2D eigenvalue weighted by atomic mass is 16.5. The zero-order valence-electron chi connectivity index (χ0n) is 28.0. The summed E-state index contributed by atoms with van der Waals surface area (Å²) in [6, 6.07) is 24.2. The van der Waals surface area contributed by atoms with Gasteiger partial charge < -0.3 is 9.47 Å². The van der Waals surface area contributed by atoms with Crippen LogP contribution in [0.15, 0.2) is 72.8 Å². The molecule has 0 fully saturated rings. The summed E-state index contributed by atoms with van der Waals surface area (Å²) in [5, 5.41) is 0. The molecular weight excluding hydrogens is 540 g/mol. The van der Waals surface area contributed by atoms with Crippen LogP contribution >= 0.6 is 0 Å². The molecular formula is C41H58O3. The fourth-order valence-corrected chi connectivity index (χ4v) is 5.69. The molecule has 3 nitrogen and oxygen atoms in total. The number of hydrogen-bond donors (Lipinski definition) is 0. The number of unbranched alkanes of at least 4 members (excludes halogenated alkanes) is 14. The van der Waals surface area contributed by atoms with Crippen LogP contribution in [0.2, 0.25) is 0 Å². The van der Waals surface area contributed by atoms with E-state index in [9.17, 15) is 4.79 Å². The van der Waals surface area contributed by atoms with Gasteiger partial charge in [-0.25, -0.2) is 4.79 Å². The number of esters is 1. The molecule has 3 aromatic rings. The Bertz CT molecular complexity index is 1150. The van der Waals surface area contributed by atoms with Crippen molar-refractivity contribution in [2.75, 3.05) is 6.61 Å². The van der Waals surface area contributed by atoms with Gasteiger partial charge in [0.25, 0.3) is 0 Å². The van der Waals surface area contributed by atoms with Crippen molar-refractivity contribution in [2.24, 2.45) is 0 Å². The molecule has 0 aliphatic rings. The summed E-state index contributed by atoms with van der Waals surface area (Å²) in [5.41, 5.74) is 5.29. The van der Waals surface area contributed by atoms with Gasteiger partial charge in [0.1, 0.15) is 5.75 Å². The monoisotopic (exact) mass is 598 g/mol. The third-order valence-corrected chi connectivity index (χ3v) is 8.65. The molecule has 0 saturated carbocycles. The fourth-order valence-electron chi connectivity index (χ4n) is 5.69. The second kappa shape index (κ2) is 21.7. The molecule has 240 valence electrons. The molecule has 3 aromatic carbocycles. The van der Waals surface area contributed by atoms with E-state index in [0.29, 0.717) is 11.3 Å². The Morgan fingerprint density at radius 1 is 0.568 bits per heavy atom. The fraction of sp³-hybridized carbons (Fsp3) is 0.537. The second-order valence-corrected chi connectivity index (χ2v) is 12.4. The number of ether oxygens (including phenoxy) is 2. The highest BCUT2D eigenvalue weighted by Crippen LogP contribution is 2.26. The summed E-state index contributed by atoms with van der Waals surface area (Å²) >= 11 is 0. The van der Waals surface area contributed by atoms with Crippen molar-refractivity contribution in [1.29, 1.82) is 0 Å². The molecule has 0 bridgehead atoms. The van der Waals surface area contributed by atoms with Crippen molar-refractivity contribution >= 4 is 5.97 Å². The first-order valence-corrected chi connectivity index (χ1v) is 17.7. The average molecular weight is 599 g/mol. The normalized spacial score (nSPS) is 11.9. The molecule has 0 aliphatic carbocycles. The van der Waals surface area contributed by atoms with E-state index in [4.69, 9.17) is 9.47 Å². The van der Waals surface area contributed by atoms with Crippen molar-refractivity contribution in [3.8, 4) is 16.9 Å². The number of benzene rings is 3. The van der Waals surface area contributed by atoms with Crippen molar-refractivity contribution in [3.05, 3.63) is 89.5 Å². The Kier molecular flexibility index (Phi) is 17.6. The predicted molar refractivity (Wildman–Crippen MR) is 187 cm³/mol. The maximum Gasteiger partial charge on any atom is 0.343 e. The maximum absolute atomic E-state index is 12.7. The highest BCUT2D eigenvalue weighted by molar-refractivity contribution is 5.91. The van der Waals surface area contributed by atoms with E-state index in [1.807, 2.05) is 36.4 Å². The topological polar surface area (TPSA) is 35.5 Å². The summed E-state index contributed by atoms with van der Waals surface area (Å²) < 4.78 is 11.7. The quantitative estimate of drug-likeness (QED) is 0.0619. The van der Waals surface area contributed by atoms with Crippen LogP contribution in [-0.2, 0) is 11.2 Å². The van der Waals surface area contributed by atoms with E-state index in [2.05, 4.69) is 57.2 Å². The van der Waals surface area contributed by atoms with Crippen LogP contribution in [0.4, 0.5) is 0 Å². The third-order valence-electron chi connectivity index (χ3n) is 8.65. The summed E-state index contributed by atoms with van der Waals surface area (Å²) in [5.74, 6) is 0.240. The molecule has 0 aromatic heterocycles. The van der Waals surface area contributed by atoms with Gasteiger partial charge in [0.2, 0.25) is 0 Å². The van der Waals surface area contributed by atoms with Crippen molar-refractivity contribution in [3.63, 3.8) is 0 Å². The number of hydrogen-bond acceptors (Lipinski definition) is 3. The molecule has 0 radical (unpaired) electrons. The Hall–Kier alpha value is -2.91. The average Bonchev–Trinajstić information content (AvgIpc) is 3.06. The van der Waals surface area contributed by atoms with E-state index >= 15 is 0 Å². The lowest BCUT2D eigenvalue weighted by molar-refractivity contribution is 0.0627. The van der Waals surface area contributed by atoms with Gasteiger partial charge in [0, 0.05) is 6.61 Å². The number of carbonyl (C=O) groups excluding carboxylic acids is 1. The minimum Gasteiger partial charge on any atom is -0.423 e. The zero-order valence-corrected chi connectivity index (χ0v) is 28.0. The first kappa shape index (κ1) is 35.6. The zero-order chi connectivity index (χ0) is 31.2. The van der Waals surface area contributed by atoms with Crippen LogP contribution in [0.1, 0.15) is 151 Å². The minimum absolute atomic E-state index is 0.0928. The lowest BCUT2D eigenvalue weighted by atomic mass is 10.0. The molecule has 0 aliphatic heterocycles. The molecule has 0 N–H and O–H groups in total. The van der Waals surface area contributed by atoms with Crippen LogP contribution in [0.25, 0.3) is 11.1 Å². The summed E-state index contributed by atoms with van der Waals surface area (Å²) in [7, 11) is 0. The van der Waals surface area contributed by atoms with Gasteiger partial charge in [0.15, 0.2) is 0 Å². The first-order chi connectivity index (χ1) is 21.6. The van der Waals surface area contributed by atoms with Crippen LogP contribution in [0.3, 0.4) is 0 Å². The predicted octanol–water partition coefficient (Wildman–Crippen LogP) is 12.5. The Labute approximate surface area is 268 Å². The second-order valence-electron chi connectivity index (χ2n) is 12.4. The Morgan fingerprint density at radius 2 is 1.05 bits per heavy atom. The van der Waals surface area contributed by atoms with Gasteiger partial charge in [0.05, 0.1) is 11.7 Å². The summed E-state index contributed by atoms with van der Waals surface area (Å²) in [4.78, 5) is 12.7. The van der Waals surface area contributed by atoms with Crippen LogP contribution in [-0.4, -0.2) is 12.6 Å². The lowest BCUT2D eigenvalue weighted by Crippen LogP contribution is -2.08. The van der Waals surface area contributed by atoms with E-state index in [-0.39, 0.29) is 12.1 Å². The van der Waals surface area contributed by atoms with Crippen molar-refractivity contribution in [1.82, 2.24) is 0 Å². The first-order valence-electron chi connectivity index (χ1n) is 17.7. The third kappa shape index (κ3) is 13.8. The Balaban J connectivity index is 1.35. The van der Waals surface area contributed by atoms with Gasteiger partial charge >= 0.3 is 5.97 Å². The summed E-state index contributed by atoms with van der Waals surface area (Å²) in [6.07, 6.45) is 22.3.